The number of urea groups is 2. The lowest BCUT2D eigenvalue weighted by Gasteiger charge is -2.29. The molecule has 5 unspecified atom stereocenters. The Morgan fingerprint density at radius 2 is 1.79 bits per heavy atom. The first kappa shape index (κ1) is 44.5. The number of anilines is 1. The zero-order chi connectivity index (χ0) is 40.5. The summed E-state index contributed by atoms with van der Waals surface area (Å²) in [5, 5.41) is 38.1. The highest BCUT2D eigenvalue weighted by molar-refractivity contribution is 8.00. The molecule has 0 saturated carbocycles. The molecule has 17 heteroatoms. The van der Waals surface area contributed by atoms with Crippen LogP contribution in [0.2, 0.25) is 0 Å². The number of amides is 7. The van der Waals surface area contributed by atoms with Gasteiger partial charge in [-0.1, -0.05) is 26.3 Å². The van der Waals surface area contributed by atoms with E-state index in [-0.39, 0.29) is 54.8 Å². The number of hydrogen-bond acceptors (Lipinski definition) is 10. The van der Waals surface area contributed by atoms with Crippen LogP contribution in [0.25, 0.3) is 10.9 Å². The summed E-state index contributed by atoms with van der Waals surface area (Å²) < 4.78 is 0. The van der Waals surface area contributed by atoms with Crippen molar-refractivity contribution in [3.63, 3.8) is 0 Å². The van der Waals surface area contributed by atoms with Crippen molar-refractivity contribution in [2.75, 3.05) is 63.5 Å². The summed E-state index contributed by atoms with van der Waals surface area (Å²) in [5.74, 6) is 0.369. The average Bonchev–Trinajstić information content (AvgIpc) is 3.74. The molecule has 2 fully saturated rings. The number of fused-ring (bicyclic) bond motifs is 2. The molecule has 2 saturated heterocycles. The Hall–Kier alpha value is -4.19. The van der Waals surface area contributed by atoms with E-state index in [0.29, 0.717) is 67.5 Å². The lowest BCUT2D eigenvalue weighted by molar-refractivity contribution is -0.121. The van der Waals surface area contributed by atoms with Crippen LogP contribution in [0.1, 0.15) is 82.6 Å². The van der Waals surface area contributed by atoms with E-state index in [0.717, 1.165) is 50.0 Å². The maximum Gasteiger partial charge on any atom is 0.321 e. The molecule has 16 nitrogen and oxygen atoms in total. The van der Waals surface area contributed by atoms with Gasteiger partial charge in [-0.3, -0.25) is 14.4 Å². The third kappa shape index (κ3) is 14.4. The first-order chi connectivity index (χ1) is 27.0. The van der Waals surface area contributed by atoms with Crippen LogP contribution in [0.4, 0.5) is 15.3 Å². The lowest BCUT2D eigenvalue weighted by Crippen LogP contribution is -2.47. The van der Waals surface area contributed by atoms with Crippen molar-refractivity contribution in [3.8, 4) is 0 Å². The second kappa shape index (κ2) is 23.1. The van der Waals surface area contributed by atoms with Gasteiger partial charge in [0, 0.05) is 74.2 Å². The topological polar surface area (TPSA) is 217 Å². The van der Waals surface area contributed by atoms with Crippen LogP contribution < -0.4 is 31.9 Å². The molecule has 8 N–H and O–H groups in total. The first-order valence-electron chi connectivity index (χ1n) is 20.0. The fourth-order valence-corrected chi connectivity index (χ4v) is 8.57. The van der Waals surface area contributed by atoms with Crippen molar-refractivity contribution < 1.29 is 34.2 Å². The molecule has 2 aliphatic rings. The van der Waals surface area contributed by atoms with Gasteiger partial charge in [-0.25, -0.2) is 14.6 Å². The first-order valence-corrected chi connectivity index (χ1v) is 21.0. The number of carbonyl (C=O) groups is 5. The number of pyridine rings is 1. The maximum absolute atomic E-state index is 13.7. The summed E-state index contributed by atoms with van der Waals surface area (Å²) in [6.45, 7) is 9.21. The van der Waals surface area contributed by atoms with Crippen LogP contribution in [0.5, 0.6) is 0 Å². The highest BCUT2D eigenvalue weighted by atomic mass is 32.2. The Labute approximate surface area is 334 Å². The van der Waals surface area contributed by atoms with Crippen LogP contribution in [-0.4, -0.2) is 142 Å². The largest absolute Gasteiger partial charge is 0.394 e. The molecular formula is C39H61N9O7S. The predicted molar refractivity (Wildman–Crippen MR) is 219 cm³/mol. The van der Waals surface area contributed by atoms with E-state index in [1.54, 1.807) is 35.2 Å². The zero-order valence-electron chi connectivity index (χ0n) is 33.0. The molecule has 2 aliphatic heterocycles. The monoisotopic (exact) mass is 799 g/mol. The molecule has 7 amide bonds. The van der Waals surface area contributed by atoms with E-state index in [9.17, 15) is 34.2 Å². The van der Waals surface area contributed by atoms with Gasteiger partial charge in [0.25, 0.3) is 5.91 Å². The van der Waals surface area contributed by atoms with Gasteiger partial charge in [-0.2, -0.15) is 11.8 Å². The van der Waals surface area contributed by atoms with Crippen LogP contribution in [-0.2, 0) is 9.59 Å². The van der Waals surface area contributed by atoms with Gasteiger partial charge in [-0.15, -0.1) is 0 Å². The SMILES string of the molecule is CCN(CC)CCNC(=O)c1ccc2cc(NC(=O)N(CCCCNC(=O)CCCCC3SCC4NC(=O)NC43)CC(CCC(O)CO)NC(C)=O)ccc2n1. The molecular weight excluding hydrogens is 739 g/mol. The van der Waals surface area contributed by atoms with Gasteiger partial charge in [0.2, 0.25) is 11.8 Å². The zero-order valence-corrected chi connectivity index (χ0v) is 33.8. The summed E-state index contributed by atoms with van der Waals surface area (Å²) in [6.07, 6.45) is 3.91. The molecule has 2 aromatic rings. The van der Waals surface area contributed by atoms with Crippen molar-refractivity contribution in [1.82, 2.24) is 41.4 Å². The Balaban J connectivity index is 1.28. The third-order valence-corrected chi connectivity index (χ3v) is 11.7. The van der Waals surface area contributed by atoms with Crippen LogP contribution in [0.15, 0.2) is 30.3 Å². The number of rotatable bonds is 24. The molecule has 5 atom stereocenters. The van der Waals surface area contributed by atoms with Gasteiger partial charge in [0.05, 0.1) is 30.3 Å². The van der Waals surface area contributed by atoms with Gasteiger partial charge in [0.1, 0.15) is 5.69 Å². The number of aliphatic hydroxyl groups is 2. The maximum atomic E-state index is 13.7. The second-order valence-corrected chi connectivity index (χ2v) is 15.8. The van der Waals surface area contributed by atoms with Crippen molar-refractivity contribution in [2.24, 2.45) is 0 Å². The molecule has 0 aliphatic carbocycles. The number of hydrogen-bond donors (Lipinski definition) is 8. The Morgan fingerprint density at radius 1 is 0.982 bits per heavy atom. The molecule has 4 rings (SSSR count). The van der Waals surface area contributed by atoms with E-state index >= 15 is 0 Å². The number of unbranched alkanes of at least 4 members (excludes halogenated alkanes) is 2. The van der Waals surface area contributed by atoms with Crippen molar-refractivity contribution in [2.45, 2.75) is 102 Å². The normalized spacial score (nSPS) is 18.5. The standard InChI is InChI=1S/C39H61N9O7S/c1-4-47(5-2)21-19-41-37(53)32-16-12-27-22-28(14-17-31(27)44-32)43-39(55)48(23-29(42-26(3)50)13-15-30(51)24-49)20-9-8-18-40-35(52)11-7-6-10-34-36-33(25-56-34)45-38(54)46-36/h12,14,16-17,22,29-30,33-34,36,49,51H,4-11,13,15,18-21,23-25H2,1-3H3,(H,40,52)(H,41,53)(H,42,50)(H,43,55)(H2,45,46,54). The van der Waals surface area contributed by atoms with E-state index in [4.69, 9.17) is 0 Å². The average molecular weight is 800 g/mol. The summed E-state index contributed by atoms with van der Waals surface area (Å²) in [6, 6.07) is 8.11. The summed E-state index contributed by atoms with van der Waals surface area (Å²) in [4.78, 5) is 71.0. The number of nitrogens with zero attached hydrogens (tertiary/aromatic N) is 3. The third-order valence-electron chi connectivity index (χ3n) is 10.2. The number of aliphatic hydroxyl groups excluding tert-OH is 2. The fraction of sp³-hybridized carbons (Fsp3) is 0.641. The van der Waals surface area contributed by atoms with E-state index in [1.165, 1.54) is 6.92 Å². The van der Waals surface area contributed by atoms with Crippen LogP contribution >= 0.6 is 11.8 Å². The minimum absolute atomic E-state index is 0.0191. The molecule has 310 valence electrons. The van der Waals surface area contributed by atoms with Crippen molar-refractivity contribution >= 4 is 58.1 Å². The van der Waals surface area contributed by atoms with Gasteiger partial charge in [-0.05, 0) is 75.9 Å². The molecule has 56 heavy (non-hydrogen) atoms. The highest BCUT2D eigenvalue weighted by Crippen LogP contribution is 2.33. The van der Waals surface area contributed by atoms with E-state index in [1.807, 2.05) is 11.8 Å². The molecule has 1 aromatic carbocycles. The number of nitrogens with one attached hydrogen (secondary N) is 6. The Bertz CT molecular complexity index is 1610. The van der Waals surface area contributed by atoms with Gasteiger partial charge >= 0.3 is 12.1 Å². The smallest absolute Gasteiger partial charge is 0.321 e. The van der Waals surface area contributed by atoms with E-state index < -0.39 is 18.8 Å². The summed E-state index contributed by atoms with van der Waals surface area (Å²) in [5.41, 5.74) is 1.44. The van der Waals surface area contributed by atoms with Crippen LogP contribution in [0.3, 0.4) is 0 Å². The Kier molecular flexibility index (Phi) is 18.4. The molecule has 1 aromatic heterocycles. The lowest BCUT2D eigenvalue weighted by atomic mass is 10.0. The van der Waals surface area contributed by atoms with E-state index in [2.05, 4.69) is 55.6 Å². The number of benzene rings is 1. The summed E-state index contributed by atoms with van der Waals surface area (Å²) >= 11 is 1.87. The predicted octanol–water partition coefficient (Wildman–Crippen LogP) is 2.40. The van der Waals surface area contributed by atoms with Crippen molar-refractivity contribution in [1.29, 1.82) is 0 Å². The second-order valence-electron chi connectivity index (χ2n) is 14.5. The number of aromatic nitrogens is 1. The summed E-state index contributed by atoms with van der Waals surface area (Å²) in [7, 11) is 0. The molecule has 0 bridgehead atoms. The molecule has 0 radical (unpaired) electrons. The quantitative estimate of drug-likeness (QED) is 0.0573. The minimum Gasteiger partial charge on any atom is -0.394 e. The highest BCUT2D eigenvalue weighted by Gasteiger charge is 2.42. The molecule has 0 spiro atoms. The van der Waals surface area contributed by atoms with Crippen LogP contribution in [0, 0.1) is 0 Å². The minimum atomic E-state index is -0.941. The fourth-order valence-electron chi connectivity index (χ4n) is 7.03. The number of carbonyl (C=O) groups excluding carboxylic acids is 5. The number of likely N-dealkylation sites (N-methyl/N-ethyl adjacent to an activating group) is 1. The molecule has 3 heterocycles. The van der Waals surface area contributed by atoms with Gasteiger partial charge in [0.15, 0.2) is 0 Å². The van der Waals surface area contributed by atoms with Crippen molar-refractivity contribution in [3.05, 3.63) is 36.0 Å². The Morgan fingerprint density at radius 3 is 2.54 bits per heavy atom. The van der Waals surface area contributed by atoms with Gasteiger partial charge < -0.3 is 51.9 Å². The number of thioether (sulfide) groups is 1.